The van der Waals surface area contributed by atoms with Crippen molar-refractivity contribution < 1.29 is 13.2 Å². The fourth-order valence-electron chi connectivity index (χ4n) is 5.93. The van der Waals surface area contributed by atoms with E-state index in [0.29, 0.717) is 31.0 Å². The highest BCUT2D eigenvalue weighted by Crippen LogP contribution is 2.47. The molecule has 5 rings (SSSR count). The Labute approximate surface area is 199 Å². The van der Waals surface area contributed by atoms with Crippen LogP contribution >= 0.6 is 23.4 Å². The first-order valence-electron chi connectivity index (χ1n) is 11.6. The maximum atomic E-state index is 13.0. The van der Waals surface area contributed by atoms with E-state index in [-0.39, 0.29) is 15.8 Å². The van der Waals surface area contributed by atoms with Crippen molar-refractivity contribution >= 4 is 44.5 Å². The molecule has 1 amide bonds. The van der Waals surface area contributed by atoms with E-state index in [1.165, 1.54) is 30.0 Å². The topological polar surface area (TPSA) is 78.8 Å². The van der Waals surface area contributed by atoms with Crippen molar-refractivity contribution in [2.24, 2.45) is 22.7 Å². The molecule has 9 heteroatoms. The van der Waals surface area contributed by atoms with Crippen LogP contribution in [-0.2, 0) is 14.8 Å². The summed E-state index contributed by atoms with van der Waals surface area (Å²) in [5.74, 6) is 1.87. The largest absolute Gasteiger partial charge is 0.304 e. The van der Waals surface area contributed by atoms with Crippen LogP contribution < -0.4 is 5.32 Å². The number of amides is 1. The lowest BCUT2D eigenvalue weighted by molar-refractivity contribution is -0.121. The summed E-state index contributed by atoms with van der Waals surface area (Å²) >= 11 is 7.71. The second-order valence-corrected chi connectivity index (χ2v) is 13.8. The number of benzene rings is 1. The number of carbonyl (C=O) groups excluding carboxylic acids is 1. The molecule has 4 atom stereocenters. The molecule has 4 fully saturated rings. The van der Waals surface area contributed by atoms with E-state index in [1.54, 1.807) is 36.0 Å². The number of hydrogen-bond acceptors (Lipinski definition) is 5. The fraction of sp³-hybridized carbons (Fsp3) is 0.652. The minimum absolute atomic E-state index is 0.0375. The lowest BCUT2D eigenvalue weighted by atomic mass is 9.87. The minimum Gasteiger partial charge on any atom is -0.304 e. The van der Waals surface area contributed by atoms with Gasteiger partial charge in [0.15, 0.2) is 5.17 Å². The van der Waals surface area contributed by atoms with Gasteiger partial charge in [-0.15, -0.1) is 0 Å². The van der Waals surface area contributed by atoms with Crippen LogP contribution in [0.5, 0.6) is 0 Å². The van der Waals surface area contributed by atoms with E-state index in [0.717, 1.165) is 30.3 Å². The predicted octanol–water partition coefficient (Wildman–Crippen LogP) is 4.30. The molecule has 32 heavy (non-hydrogen) atoms. The van der Waals surface area contributed by atoms with Gasteiger partial charge in [0.05, 0.1) is 15.8 Å². The summed E-state index contributed by atoms with van der Waals surface area (Å²) in [6, 6.07) is 6.96. The maximum Gasteiger partial charge on any atom is 0.244 e. The van der Waals surface area contributed by atoms with E-state index in [9.17, 15) is 13.2 Å². The first kappa shape index (κ1) is 22.7. The highest BCUT2D eigenvalue weighted by atomic mass is 35.5. The Morgan fingerprint density at radius 3 is 2.59 bits per heavy atom. The first-order chi connectivity index (χ1) is 15.2. The predicted molar refractivity (Wildman–Crippen MR) is 128 cm³/mol. The standard InChI is InChI=1S/C23H30ClN3O3S2/c1-23(21(28)26-22(31-23)25-19-13-16-6-7-17(19)12-16)14-15-8-10-27(11-9-15)32(29,30)20-5-3-2-4-18(20)24/h2-5,15-17,19H,6-14H2,1H3,(H,25,26,28)/t16-,17+,19+,23?/m1/s1. The van der Waals surface area contributed by atoms with Crippen LogP contribution in [-0.4, -0.2) is 47.7 Å². The molecule has 4 aliphatic rings. The molecular formula is C23H30ClN3O3S2. The van der Waals surface area contributed by atoms with Crippen LogP contribution in [0.15, 0.2) is 34.2 Å². The summed E-state index contributed by atoms with van der Waals surface area (Å²) in [7, 11) is -3.60. The van der Waals surface area contributed by atoms with Gasteiger partial charge in [-0.25, -0.2) is 8.42 Å². The third-order valence-corrected chi connectivity index (χ3v) is 11.3. The Balaban J connectivity index is 1.20. The summed E-state index contributed by atoms with van der Waals surface area (Å²) in [5.41, 5.74) is 0. The smallest absolute Gasteiger partial charge is 0.244 e. The van der Waals surface area contributed by atoms with Crippen LogP contribution in [0.1, 0.15) is 51.9 Å². The van der Waals surface area contributed by atoms with Crippen LogP contribution in [0, 0.1) is 17.8 Å². The van der Waals surface area contributed by atoms with E-state index >= 15 is 0 Å². The van der Waals surface area contributed by atoms with Gasteiger partial charge in [0.1, 0.15) is 4.90 Å². The van der Waals surface area contributed by atoms with Gasteiger partial charge in [0.2, 0.25) is 15.9 Å². The Morgan fingerprint density at radius 1 is 1.19 bits per heavy atom. The molecule has 2 aliphatic heterocycles. The van der Waals surface area contributed by atoms with Gasteiger partial charge < -0.3 is 5.32 Å². The Kier molecular flexibility index (Phi) is 6.10. The van der Waals surface area contributed by atoms with Crippen molar-refractivity contribution in [3.05, 3.63) is 29.3 Å². The number of amidine groups is 1. The van der Waals surface area contributed by atoms with Crippen LogP contribution in [0.4, 0.5) is 0 Å². The first-order valence-corrected chi connectivity index (χ1v) is 14.2. The molecule has 2 saturated carbocycles. The van der Waals surface area contributed by atoms with Gasteiger partial charge in [-0.3, -0.25) is 9.79 Å². The monoisotopic (exact) mass is 495 g/mol. The fourth-order valence-corrected chi connectivity index (χ4v) is 9.11. The summed E-state index contributed by atoms with van der Waals surface area (Å²) in [6.45, 7) is 2.91. The quantitative estimate of drug-likeness (QED) is 0.660. The molecule has 174 valence electrons. The number of thioether (sulfide) groups is 1. The summed E-state index contributed by atoms with van der Waals surface area (Å²) in [6.07, 6.45) is 7.30. The molecule has 1 N–H and O–H groups in total. The highest BCUT2D eigenvalue weighted by Gasteiger charge is 2.46. The summed E-state index contributed by atoms with van der Waals surface area (Å²) in [5, 5.41) is 4.07. The molecule has 1 unspecified atom stereocenters. The van der Waals surface area contributed by atoms with Gasteiger partial charge in [0.25, 0.3) is 0 Å². The minimum atomic E-state index is -3.60. The van der Waals surface area contributed by atoms with Crippen molar-refractivity contribution in [2.45, 2.75) is 67.6 Å². The molecule has 2 heterocycles. The second kappa shape index (κ2) is 8.60. The lowest BCUT2D eigenvalue weighted by Gasteiger charge is -2.34. The van der Waals surface area contributed by atoms with Crippen molar-refractivity contribution in [1.29, 1.82) is 0 Å². The number of fused-ring (bicyclic) bond motifs is 2. The zero-order chi connectivity index (χ0) is 22.5. The van der Waals surface area contributed by atoms with E-state index in [4.69, 9.17) is 16.6 Å². The summed E-state index contributed by atoms with van der Waals surface area (Å²) in [4.78, 5) is 17.9. The second-order valence-electron chi connectivity index (χ2n) is 9.95. The third-order valence-electron chi connectivity index (χ3n) is 7.71. The number of aliphatic imine (C=N–C) groups is 1. The van der Waals surface area contributed by atoms with Crippen molar-refractivity contribution in [3.63, 3.8) is 0 Å². The molecule has 6 nitrogen and oxygen atoms in total. The average Bonchev–Trinajstić information content (AvgIpc) is 3.44. The molecule has 2 saturated heterocycles. The number of carbonyl (C=O) groups is 1. The summed E-state index contributed by atoms with van der Waals surface area (Å²) < 4.78 is 27.0. The molecule has 0 spiro atoms. The van der Waals surface area contributed by atoms with Crippen LogP contribution in [0.2, 0.25) is 5.02 Å². The number of halogens is 1. The highest BCUT2D eigenvalue weighted by molar-refractivity contribution is 8.16. The molecule has 0 aromatic heterocycles. The van der Waals surface area contributed by atoms with Crippen LogP contribution in [0.25, 0.3) is 0 Å². The maximum absolute atomic E-state index is 13.0. The number of hydrogen-bond donors (Lipinski definition) is 1. The van der Waals surface area contributed by atoms with Gasteiger partial charge in [-0.1, -0.05) is 41.9 Å². The molecule has 0 radical (unpaired) electrons. The zero-order valence-corrected chi connectivity index (χ0v) is 20.7. The van der Waals surface area contributed by atoms with Gasteiger partial charge in [-0.05, 0) is 75.3 Å². The average molecular weight is 496 g/mol. The number of nitrogens with zero attached hydrogens (tertiary/aromatic N) is 2. The molecule has 1 aromatic rings. The Morgan fingerprint density at radius 2 is 1.94 bits per heavy atom. The molecular weight excluding hydrogens is 466 g/mol. The number of rotatable bonds is 5. The van der Waals surface area contributed by atoms with Crippen molar-refractivity contribution in [3.8, 4) is 0 Å². The molecule has 2 aliphatic carbocycles. The van der Waals surface area contributed by atoms with Gasteiger partial charge >= 0.3 is 0 Å². The van der Waals surface area contributed by atoms with E-state index < -0.39 is 14.8 Å². The number of piperidine rings is 1. The zero-order valence-electron chi connectivity index (χ0n) is 18.3. The van der Waals surface area contributed by atoms with Gasteiger partial charge in [0, 0.05) is 13.1 Å². The normalized spacial score (nSPS) is 35.0. The van der Waals surface area contributed by atoms with Gasteiger partial charge in [-0.2, -0.15) is 4.31 Å². The number of sulfonamides is 1. The van der Waals surface area contributed by atoms with Crippen molar-refractivity contribution in [2.75, 3.05) is 13.1 Å². The Hall–Kier alpha value is -1.09. The Bertz CT molecular complexity index is 1040. The van der Waals surface area contributed by atoms with Crippen molar-refractivity contribution in [1.82, 2.24) is 9.62 Å². The van der Waals surface area contributed by atoms with E-state index in [1.807, 2.05) is 6.92 Å². The number of nitrogens with one attached hydrogen (secondary N) is 1. The molecule has 2 bridgehead atoms. The lowest BCUT2D eigenvalue weighted by Crippen LogP contribution is -2.41. The molecule has 1 aromatic carbocycles. The third kappa shape index (κ3) is 4.24. The SMILES string of the molecule is CC1(CC2CCN(S(=O)(=O)c3ccccc3Cl)CC2)SC(=N[C@H]2C[C@@H]3CC[C@H]2C3)NC1=O. The van der Waals surface area contributed by atoms with E-state index in [2.05, 4.69) is 5.32 Å². The van der Waals surface area contributed by atoms with Crippen LogP contribution in [0.3, 0.4) is 0 Å².